The van der Waals surface area contributed by atoms with Gasteiger partial charge in [0, 0.05) is 25.0 Å². The summed E-state index contributed by atoms with van der Waals surface area (Å²) in [4.78, 5) is 11.6. The first kappa shape index (κ1) is 15.5. The van der Waals surface area contributed by atoms with E-state index in [1.54, 1.807) is 6.08 Å². The molecule has 0 saturated carbocycles. The van der Waals surface area contributed by atoms with Gasteiger partial charge in [-0.1, -0.05) is 17.7 Å². The summed E-state index contributed by atoms with van der Waals surface area (Å²) < 4.78 is 39.6. The molecule has 0 aliphatic heterocycles. The molecule has 2 aromatic heterocycles. The minimum absolute atomic E-state index is 0.104. The SMILES string of the molecule is C=CCCc1nc(C(F)(F)F)cn1Cc1ncc(Cl)cn1. The van der Waals surface area contributed by atoms with Crippen molar-refractivity contribution in [2.75, 3.05) is 0 Å². The maximum absolute atomic E-state index is 12.8. The maximum atomic E-state index is 12.8. The summed E-state index contributed by atoms with van der Waals surface area (Å²) in [6.07, 6.45) is 1.82. The minimum Gasteiger partial charge on any atom is -0.327 e. The Morgan fingerprint density at radius 1 is 1.29 bits per heavy atom. The molecule has 0 spiro atoms. The van der Waals surface area contributed by atoms with Crippen LogP contribution in [-0.4, -0.2) is 19.5 Å². The van der Waals surface area contributed by atoms with Crippen LogP contribution in [0.3, 0.4) is 0 Å². The zero-order valence-corrected chi connectivity index (χ0v) is 11.7. The lowest BCUT2D eigenvalue weighted by molar-refractivity contribution is -0.141. The molecule has 0 fully saturated rings. The molecule has 8 heteroatoms. The second-order valence-corrected chi connectivity index (χ2v) is 4.75. The van der Waals surface area contributed by atoms with Crippen LogP contribution in [0, 0.1) is 0 Å². The summed E-state index contributed by atoms with van der Waals surface area (Å²) in [7, 11) is 0. The fraction of sp³-hybridized carbons (Fsp3) is 0.308. The normalized spacial score (nSPS) is 11.6. The Morgan fingerprint density at radius 2 is 1.95 bits per heavy atom. The van der Waals surface area contributed by atoms with E-state index in [1.165, 1.54) is 17.0 Å². The number of rotatable bonds is 5. The van der Waals surface area contributed by atoms with Gasteiger partial charge in [-0.15, -0.1) is 6.58 Å². The molecule has 2 rings (SSSR count). The van der Waals surface area contributed by atoms with Crippen molar-refractivity contribution in [3.63, 3.8) is 0 Å². The Morgan fingerprint density at radius 3 is 2.52 bits per heavy atom. The summed E-state index contributed by atoms with van der Waals surface area (Å²) in [5.41, 5.74) is -0.921. The predicted molar refractivity (Wildman–Crippen MR) is 71.9 cm³/mol. The fourth-order valence-electron chi connectivity index (χ4n) is 1.73. The first-order valence-corrected chi connectivity index (χ1v) is 6.48. The van der Waals surface area contributed by atoms with Gasteiger partial charge in [-0.25, -0.2) is 15.0 Å². The molecule has 0 aromatic carbocycles. The van der Waals surface area contributed by atoms with Gasteiger partial charge in [0.1, 0.15) is 11.6 Å². The lowest BCUT2D eigenvalue weighted by atomic mass is 10.3. The average molecular weight is 317 g/mol. The number of hydrogen-bond acceptors (Lipinski definition) is 3. The first-order chi connectivity index (χ1) is 9.90. The Labute approximate surface area is 124 Å². The molecule has 112 valence electrons. The van der Waals surface area contributed by atoms with E-state index in [-0.39, 0.29) is 6.54 Å². The van der Waals surface area contributed by atoms with Crippen molar-refractivity contribution in [2.45, 2.75) is 25.6 Å². The highest BCUT2D eigenvalue weighted by molar-refractivity contribution is 6.30. The number of alkyl halides is 3. The molecule has 0 amide bonds. The van der Waals surface area contributed by atoms with E-state index in [0.717, 1.165) is 6.20 Å². The van der Waals surface area contributed by atoms with E-state index in [4.69, 9.17) is 11.6 Å². The standard InChI is InChI=1S/C13H12ClF3N4/c1-2-3-4-12-20-10(13(15,16)17)7-21(12)8-11-18-5-9(14)6-19-11/h2,5-7H,1,3-4,8H2. The quantitative estimate of drug-likeness (QED) is 0.793. The molecule has 0 bridgehead atoms. The highest BCUT2D eigenvalue weighted by Gasteiger charge is 2.34. The Balaban J connectivity index is 2.29. The van der Waals surface area contributed by atoms with Gasteiger partial charge in [-0.05, 0) is 6.42 Å². The van der Waals surface area contributed by atoms with Gasteiger partial charge in [0.2, 0.25) is 0 Å². The zero-order chi connectivity index (χ0) is 15.5. The van der Waals surface area contributed by atoms with Crippen LogP contribution in [0.15, 0.2) is 31.2 Å². The Hall–Kier alpha value is -1.89. The van der Waals surface area contributed by atoms with E-state index in [2.05, 4.69) is 21.5 Å². The van der Waals surface area contributed by atoms with Gasteiger partial charge in [0.05, 0.1) is 11.6 Å². The average Bonchev–Trinajstić information content (AvgIpc) is 2.82. The summed E-state index contributed by atoms with van der Waals surface area (Å²) >= 11 is 5.67. The van der Waals surface area contributed by atoms with Gasteiger partial charge < -0.3 is 4.57 Å². The summed E-state index contributed by atoms with van der Waals surface area (Å²) in [5.74, 6) is 0.686. The number of imidazole rings is 1. The van der Waals surface area contributed by atoms with Crippen LogP contribution in [0.4, 0.5) is 13.2 Å². The van der Waals surface area contributed by atoms with Crippen LogP contribution in [0.2, 0.25) is 5.02 Å². The lowest BCUT2D eigenvalue weighted by Crippen LogP contribution is -2.07. The molecule has 0 radical (unpaired) electrons. The van der Waals surface area contributed by atoms with E-state index >= 15 is 0 Å². The highest BCUT2D eigenvalue weighted by atomic mass is 35.5. The summed E-state index contributed by atoms with van der Waals surface area (Å²) in [6.45, 7) is 3.66. The monoisotopic (exact) mass is 316 g/mol. The van der Waals surface area contributed by atoms with Crippen LogP contribution in [0.5, 0.6) is 0 Å². The second-order valence-electron chi connectivity index (χ2n) is 4.31. The number of nitrogens with zero attached hydrogens (tertiary/aromatic N) is 4. The van der Waals surface area contributed by atoms with Crippen molar-refractivity contribution in [2.24, 2.45) is 0 Å². The smallest absolute Gasteiger partial charge is 0.327 e. The maximum Gasteiger partial charge on any atom is 0.434 e. The van der Waals surface area contributed by atoms with Crippen LogP contribution in [-0.2, 0) is 19.1 Å². The summed E-state index contributed by atoms with van der Waals surface area (Å²) in [6, 6.07) is 0. The molecule has 0 saturated heterocycles. The molecule has 4 nitrogen and oxygen atoms in total. The second kappa shape index (κ2) is 6.26. The number of aryl methyl sites for hydroxylation is 1. The van der Waals surface area contributed by atoms with Crippen molar-refractivity contribution >= 4 is 11.6 Å². The van der Waals surface area contributed by atoms with Gasteiger partial charge >= 0.3 is 6.18 Å². The van der Waals surface area contributed by atoms with E-state index in [1.807, 2.05) is 0 Å². The molecule has 0 unspecified atom stereocenters. The minimum atomic E-state index is -4.48. The van der Waals surface area contributed by atoms with Crippen molar-refractivity contribution < 1.29 is 13.2 Å². The van der Waals surface area contributed by atoms with Crippen molar-refractivity contribution in [3.05, 3.63) is 53.6 Å². The lowest BCUT2D eigenvalue weighted by Gasteiger charge is -2.05. The number of halogens is 4. The van der Waals surface area contributed by atoms with Crippen LogP contribution >= 0.6 is 11.6 Å². The molecule has 0 aliphatic rings. The Bertz CT molecular complexity index is 619. The first-order valence-electron chi connectivity index (χ1n) is 6.10. The third kappa shape index (κ3) is 4.04. The van der Waals surface area contributed by atoms with Crippen LogP contribution in [0.1, 0.15) is 23.8 Å². The molecule has 0 N–H and O–H groups in total. The number of hydrogen-bond donors (Lipinski definition) is 0. The van der Waals surface area contributed by atoms with E-state index < -0.39 is 11.9 Å². The molecule has 0 aliphatic carbocycles. The van der Waals surface area contributed by atoms with E-state index in [0.29, 0.717) is 29.5 Å². The zero-order valence-electron chi connectivity index (χ0n) is 10.9. The molecular weight excluding hydrogens is 305 g/mol. The third-order valence-corrected chi connectivity index (χ3v) is 2.90. The van der Waals surface area contributed by atoms with E-state index in [9.17, 15) is 13.2 Å². The Kier molecular flexibility index (Phi) is 4.62. The topological polar surface area (TPSA) is 43.6 Å². The largest absolute Gasteiger partial charge is 0.434 e. The van der Waals surface area contributed by atoms with Gasteiger partial charge in [-0.2, -0.15) is 13.2 Å². The molecule has 2 heterocycles. The molecule has 21 heavy (non-hydrogen) atoms. The highest BCUT2D eigenvalue weighted by Crippen LogP contribution is 2.28. The molecule has 0 atom stereocenters. The van der Waals surface area contributed by atoms with Gasteiger partial charge in [0.25, 0.3) is 0 Å². The number of aromatic nitrogens is 4. The van der Waals surface area contributed by atoms with Gasteiger partial charge in [-0.3, -0.25) is 0 Å². The molecular formula is C13H12ClF3N4. The molecule has 2 aromatic rings. The number of allylic oxidation sites excluding steroid dienone is 1. The third-order valence-electron chi connectivity index (χ3n) is 2.71. The van der Waals surface area contributed by atoms with Crippen molar-refractivity contribution in [1.82, 2.24) is 19.5 Å². The van der Waals surface area contributed by atoms with Crippen molar-refractivity contribution in [1.29, 1.82) is 0 Å². The predicted octanol–water partition coefficient (Wildman–Crippen LogP) is 3.51. The fourth-order valence-corrected chi connectivity index (χ4v) is 1.83. The van der Waals surface area contributed by atoms with Crippen molar-refractivity contribution in [3.8, 4) is 0 Å². The summed E-state index contributed by atoms with van der Waals surface area (Å²) in [5, 5.41) is 0.368. The van der Waals surface area contributed by atoms with Gasteiger partial charge in [0.15, 0.2) is 5.69 Å². The van der Waals surface area contributed by atoms with Crippen LogP contribution < -0.4 is 0 Å². The van der Waals surface area contributed by atoms with Crippen LogP contribution in [0.25, 0.3) is 0 Å².